The van der Waals surface area contributed by atoms with E-state index in [1.54, 1.807) is 0 Å². The van der Waals surface area contributed by atoms with Gasteiger partial charge in [0.25, 0.3) is 0 Å². The molecule has 0 unspecified atom stereocenters. The zero-order valence-corrected chi connectivity index (χ0v) is 75.2. The van der Waals surface area contributed by atoms with E-state index in [9.17, 15) is 9.59 Å². The predicted octanol–water partition coefficient (Wildman–Crippen LogP) is 18.6. The van der Waals surface area contributed by atoms with Crippen molar-refractivity contribution in [1.82, 2.24) is 52.3 Å². The Balaban J connectivity index is -0.0000000742. The van der Waals surface area contributed by atoms with E-state index in [2.05, 4.69) is 94.4 Å². The van der Waals surface area contributed by atoms with Gasteiger partial charge in [-0.25, -0.2) is 0 Å². The van der Waals surface area contributed by atoms with Crippen molar-refractivity contribution in [2.45, 2.75) is 323 Å². The molecule has 0 atom stereocenters. The van der Waals surface area contributed by atoms with Crippen molar-refractivity contribution < 1.29 is 59.1 Å². The molecule has 91 heavy (non-hydrogen) atoms. The van der Waals surface area contributed by atoms with Crippen LogP contribution in [0.4, 0.5) is 0 Å². The van der Waals surface area contributed by atoms with Crippen LogP contribution in [0.2, 0.25) is 0 Å². The maximum atomic E-state index is 9.99. The molecule has 2 amide bonds. The van der Waals surface area contributed by atoms with Crippen LogP contribution >= 0.6 is 67.9 Å². The van der Waals surface area contributed by atoms with E-state index in [4.69, 9.17) is 0 Å². The third-order valence-corrected chi connectivity index (χ3v) is 15.1. The van der Waals surface area contributed by atoms with E-state index in [0.717, 1.165) is 78.0 Å². The number of rotatable bonds is 65. The van der Waals surface area contributed by atoms with Crippen LogP contribution < -0.4 is 42.5 Å². The number of halogens is 4. The van der Waals surface area contributed by atoms with Crippen LogP contribution in [-0.4, -0.2) is 163 Å². The molecule has 10 N–H and O–H groups in total. The van der Waals surface area contributed by atoms with Gasteiger partial charge in [-0.1, -0.05) is 259 Å². The number of carbonyl (C=O) groups is 2. The average molecular weight is 1780 g/mol. The average Bonchev–Trinajstić information content (AvgIpc) is 3.50. The molecule has 563 valence electrons. The van der Waals surface area contributed by atoms with Crippen LogP contribution in [0.3, 0.4) is 0 Å². The molecule has 0 spiro atoms. The minimum Gasteiger partial charge on any atom is -0.412 e. The van der Waals surface area contributed by atoms with Gasteiger partial charge < -0.3 is 65.2 Å². The number of unbranched alkanes of at least 4 members (excludes halogenated alkanes) is 39. The summed E-state index contributed by atoms with van der Waals surface area (Å²) in [5.74, 6) is 0. The zero-order valence-electron chi connectivity index (χ0n) is 63.6. The molecule has 0 aliphatic heterocycles. The Morgan fingerprint density at radius 1 is 0.264 bits per heavy atom. The molecule has 0 saturated carbocycles. The van der Waals surface area contributed by atoms with E-state index < -0.39 is 0 Å². The number of nitrogens with zero attached hydrogens (tertiary/aromatic N) is 2. The van der Waals surface area contributed by atoms with Crippen LogP contribution in [-0.2, 0) is 9.59 Å². The first-order valence-corrected chi connectivity index (χ1v) is 36.9. The van der Waals surface area contributed by atoms with Gasteiger partial charge in [0, 0.05) is 57.2 Å². The van der Waals surface area contributed by atoms with Crippen molar-refractivity contribution in [3.05, 3.63) is 7.43 Å². The maximum absolute atomic E-state index is 9.99. The molecular formula is C73H171AcBr4N10O3-. The number of amides is 2. The zero-order chi connectivity index (χ0) is 63.2. The van der Waals surface area contributed by atoms with Gasteiger partial charge in [0.1, 0.15) is 0 Å². The third kappa shape index (κ3) is 156. The van der Waals surface area contributed by atoms with Crippen LogP contribution in [0.25, 0.3) is 0 Å². The number of nitrogens with one attached hydrogen (secondary N) is 8. The minimum atomic E-state index is 0. The summed E-state index contributed by atoms with van der Waals surface area (Å²) >= 11 is 0. The number of hydrogen-bond donors (Lipinski definition) is 8. The van der Waals surface area contributed by atoms with Crippen molar-refractivity contribution in [3.8, 4) is 0 Å². The summed E-state index contributed by atoms with van der Waals surface area (Å²) in [5, 5.41) is 25.0. The molecule has 0 saturated heterocycles. The summed E-state index contributed by atoms with van der Waals surface area (Å²) in [7, 11) is 16.7. The molecule has 0 aromatic heterocycles. The summed E-state index contributed by atoms with van der Waals surface area (Å²) in [6, 6.07) is 0. The van der Waals surface area contributed by atoms with Gasteiger partial charge in [-0.15, -0.1) is 67.9 Å². The monoisotopic (exact) mass is 1780 g/mol. The van der Waals surface area contributed by atoms with Crippen molar-refractivity contribution in [2.75, 3.05) is 135 Å². The molecule has 18 heteroatoms. The molecule has 0 aromatic rings. The fourth-order valence-corrected chi connectivity index (χ4v) is 9.72. The second-order valence-corrected chi connectivity index (χ2v) is 24.2. The Bertz CT molecular complexity index is 961. The standard InChI is InChI=1S/C16H36N2.C14H28N2O2.C14H32N2.C14H30.C12H30N4.C2H6.CH3.Ac.4BrH.H2O/c1-17(2)15-13-11-9-7-5-6-8-10-12-14-16-18(3)4;17-13-15-11-9-7-5-3-1-2-4-6-8-10-12-16-14-18;1-15-13-11-9-7-5-3-4-6-8-10-12-14-16-2;1-3-5-7-9-11-13-14-12-10-8-6-4-2;1-13-7-5-11-15-9-3-4-10-16-12-6-8-14-2;1-2;;;;;;;/h5-16H2,1-4H3;13-14H,1-12H2,(H,15,17)(H,16,18);15-16H,3-14H2,1-2H3;3-14H2,1-2H3;13-16H,3-12H2,1-2H3;1-2H3;1H3;;4*1H;1H2/q;;;;;;-1;;;;;;. The van der Waals surface area contributed by atoms with Crippen molar-refractivity contribution >= 4 is 80.7 Å². The largest absolute Gasteiger partial charge is 0.412 e. The molecular weight excluding hydrogens is 1610 g/mol. The maximum Gasteiger partial charge on any atom is 0.207 e. The molecule has 0 rings (SSSR count). The molecule has 0 bridgehead atoms. The predicted molar refractivity (Wildman–Crippen MR) is 433 cm³/mol. The molecule has 1 radical (unpaired) electrons. The Labute approximate surface area is 651 Å². The second-order valence-electron chi connectivity index (χ2n) is 24.2. The Morgan fingerprint density at radius 3 is 0.626 bits per heavy atom. The third-order valence-electron chi connectivity index (χ3n) is 15.1. The van der Waals surface area contributed by atoms with Crippen LogP contribution in [0.1, 0.15) is 323 Å². The summed E-state index contributed by atoms with van der Waals surface area (Å²) in [6.45, 7) is 21.9. The Hall–Kier alpha value is 1.94. The molecule has 0 fully saturated rings. The first kappa shape index (κ1) is 123. The van der Waals surface area contributed by atoms with Crippen molar-refractivity contribution in [2.24, 2.45) is 0 Å². The summed E-state index contributed by atoms with van der Waals surface area (Å²) < 4.78 is 0. The van der Waals surface area contributed by atoms with Crippen molar-refractivity contribution in [3.63, 3.8) is 0 Å². The van der Waals surface area contributed by atoms with Gasteiger partial charge in [-0.3, -0.25) is 9.59 Å². The second kappa shape index (κ2) is 132. The van der Waals surface area contributed by atoms with Gasteiger partial charge in [0.15, 0.2) is 0 Å². The molecule has 0 aliphatic carbocycles. The van der Waals surface area contributed by atoms with Gasteiger partial charge in [0.05, 0.1) is 0 Å². The van der Waals surface area contributed by atoms with E-state index in [1.807, 2.05) is 42.0 Å². The first-order chi connectivity index (χ1) is 41.3. The fraction of sp³-hybridized carbons (Fsp3) is 0.959. The quantitative estimate of drug-likeness (QED) is 0.0167. The van der Waals surface area contributed by atoms with Crippen molar-refractivity contribution in [1.29, 1.82) is 0 Å². The van der Waals surface area contributed by atoms with Gasteiger partial charge in [-0.2, -0.15) is 0 Å². The van der Waals surface area contributed by atoms with Gasteiger partial charge >= 0.3 is 0 Å². The van der Waals surface area contributed by atoms with E-state index in [1.165, 1.54) is 309 Å². The van der Waals surface area contributed by atoms with Crippen LogP contribution in [0.15, 0.2) is 0 Å². The molecule has 0 heterocycles. The SMILES string of the molecule is Br.Br.Br.Br.CC.CCCCCCCCCCCCCC.CN(C)CCCCCCCCCCCCN(C)C.CNCCCCCCCCCCCCNC.CNCCCNCCCCNCCCNC.O.O=CNCCCCCCCCCCCCNC=O.[Ac].[CH3-]. The molecule has 13 nitrogen and oxygen atoms in total. The van der Waals surface area contributed by atoms with Crippen LogP contribution in [0.5, 0.6) is 0 Å². The Morgan fingerprint density at radius 2 is 0.429 bits per heavy atom. The smallest absolute Gasteiger partial charge is 0.207 e. The summed E-state index contributed by atoms with van der Waals surface area (Å²) in [4.78, 5) is 24.6. The van der Waals surface area contributed by atoms with Gasteiger partial charge in [-0.05, 0) is 186 Å². The fourth-order valence-electron chi connectivity index (χ4n) is 9.72. The number of hydrogen-bond acceptors (Lipinski definition) is 10. The van der Waals surface area contributed by atoms with Gasteiger partial charge in [0.2, 0.25) is 12.8 Å². The minimum absolute atomic E-state index is 0. The van der Waals surface area contributed by atoms with Crippen LogP contribution in [0, 0.1) is 51.5 Å². The topological polar surface area (TPSA) is 168 Å². The number of carbonyl (C=O) groups excluding carboxylic acids is 2. The summed E-state index contributed by atoms with van der Waals surface area (Å²) in [6.07, 6.45) is 64.9. The normalized spacial score (nSPS) is 9.82. The first-order valence-electron chi connectivity index (χ1n) is 36.9. The van der Waals surface area contributed by atoms with E-state index in [0.29, 0.717) is 0 Å². The van der Waals surface area contributed by atoms with E-state index >= 15 is 0 Å². The molecule has 0 aromatic carbocycles. The Kier molecular flexibility index (Phi) is 178. The summed E-state index contributed by atoms with van der Waals surface area (Å²) in [5.41, 5.74) is 0. The molecule has 0 aliphatic rings. The van der Waals surface area contributed by atoms with E-state index in [-0.39, 0.29) is 125 Å².